The molecule has 4 nitrogen and oxygen atoms in total. The summed E-state index contributed by atoms with van der Waals surface area (Å²) in [6, 6.07) is 15.8. The molecule has 0 aliphatic rings. The van der Waals surface area contributed by atoms with Crippen molar-refractivity contribution in [1.29, 1.82) is 5.26 Å². The number of aliphatic carboxylic acids is 1. The molecule has 3 aromatic rings. The minimum atomic E-state index is -0.770. The number of benzene rings is 2. The van der Waals surface area contributed by atoms with Gasteiger partial charge in [0.1, 0.15) is 0 Å². The van der Waals surface area contributed by atoms with E-state index in [2.05, 4.69) is 11.1 Å². The first-order valence-corrected chi connectivity index (χ1v) is 8.90. The van der Waals surface area contributed by atoms with Gasteiger partial charge in [0.05, 0.1) is 11.6 Å². The van der Waals surface area contributed by atoms with E-state index in [1.165, 1.54) is 0 Å². The zero-order chi connectivity index (χ0) is 17.6. The number of thioether (sulfide) groups is 1. The Labute approximate surface area is 150 Å². The Kier molecular flexibility index (Phi) is 5.32. The smallest absolute Gasteiger partial charge is 0.303 e. The molecule has 0 aliphatic heterocycles. The summed E-state index contributed by atoms with van der Waals surface area (Å²) >= 11 is 1.63. The highest BCUT2D eigenvalue weighted by molar-refractivity contribution is 7.99. The van der Waals surface area contributed by atoms with Crippen molar-refractivity contribution >= 4 is 28.5 Å². The van der Waals surface area contributed by atoms with E-state index in [9.17, 15) is 10.1 Å². The molecule has 0 unspecified atom stereocenters. The normalized spacial score (nSPS) is 10.5. The van der Waals surface area contributed by atoms with E-state index < -0.39 is 5.97 Å². The molecule has 0 saturated carbocycles. The Hall–Kier alpha value is -2.84. The first kappa shape index (κ1) is 17.0. The Morgan fingerprint density at radius 1 is 1.12 bits per heavy atom. The fraction of sp³-hybridized carbons (Fsp3) is 0.150. The summed E-state index contributed by atoms with van der Waals surface area (Å²) in [5.74, 6) is -0.0361. The number of rotatable bonds is 6. The highest BCUT2D eigenvalue weighted by atomic mass is 32.2. The van der Waals surface area contributed by atoms with Crippen molar-refractivity contribution in [2.75, 3.05) is 5.75 Å². The van der Waals surface area contributed by atoms with Crippen LogP contribution in [0.3, 0.4) is 0 Å². The molecule has 5 heteroatoms. The summed E-state index contributed by atoms with van der Waals surface area (Å²) in [4.78, 5) is 16.0. The number of nitriles is 1. The van der Waals surface area contributed by atoms with E-state index in [1.807, 2.05) is 48.7 Å². The number of nitrogens with zero attached hydrogens (tertiary/aromatic N) is 2. The van der Waals surface area contributed by atoms with Gasteiger partial charge in [0.25, 0.3) is 0 Å². The Bertz CT molecular complexity index is 963. The maximum absolute atomic E-state index is 10.7. The first-order chi connectivity index (χ1) is 12.2. The third-order valence-electron chi connectivity index (χ3n) is 3.91. The zero-order valence-corrected chi connectivity index (χ0v) is 14.3. The van der Waals surface area contributed by atoms with Crippen molar-refractivity contribution < 1.29 is 9.90 Å². The van der Waals surface area contributed by atoms with Gasteiger partial charge < -0.3 is 5.11 Å². The largest absolute Gasteiger partial charge is 0.481 e. The fourth-order valence-electron chi connectivity index (χ4n) is 2.75. The van der Waals surface area contributed by atoms with Crippen molar-refractivity contribution in [2.45, 2.75) is 17.7 Å². The van der Waals surface area contributed by atoms with Gasteiger partial charge in [0.2, 0.25) is 0 Å². The average molecular weight is 348 g/mol. The molecule has 124 valence electrons. The summed E-state index contributed by atoms with van der Waals surface area (Å²) in [6.07, 6.45) is 4.37. The summed E-state index contributed by atoms with van der Waals surface area (Å²) in [5.41, 5.74) is 2.69. The molecule has 0 spiro atoms. The molecule has 0 amide bonds. The minimum Gasteiger partial charge on any atom is -0.481 e. The van der Waals surface area contributed by atoms with Crippen molar-refractivity contribution in [3.63, 3.8) is 0 Å². The second-order valence-corrected chi connectivity index (χ2v) is 6.67. The second kappa shape index (κ2) is 7.82. The van der Waals surface area contributed by atoms with Gasteiger partial charge in [-0.2, -0.15) is 5.26 Å². The van der Waals surface area contributed by atoms with E-state index >= 15 is 0 Å². The molecular weight excluding hydrogens is 332 g/mol. The standard InChI is InChI=1S/C20H16N2O2S/c21-12-14-7-8-17(16-5-2-1-4-15(14)16)18-13-22-10-9-19(18)25-11-3-6-20(23)24/h1-2,4-5,7-10,13H,3,6,11H2,(H,23,24). The molecule has 1 N–H and O–H groups in total. The second-order valence-electron chi connectivity index (χ2n) is 5.54. The lowest BCUT2D eigenvalue weighted by atomic mass is 9.96. The van der Waals surface area contributed by atoms with Gasteiger partial charge >= 0.3 is 5.97 Å². The lowest BCUT2D eigenvalue weighted by Crippen LogP contribution is -1.95. The van der Waals surface area contributed by atoms with Crippen LogP contribution in [0.1, 0.15) is 18.4 Å². The Balaban J connectivity index is 1.99. The maximum Gasteiger partial charge on any atom is 0.303 e. The molecular formula is C20H16N2O2S. The monoisotopic (exact) mass is 348 g/mol. The van der Waals surface area contributed by atoms with Crippen LogP contribution in [-0.4, -0.2) is 21.8 Å². The van der Waals surface area contributed by atoms with Crippen LogP contribution in [0.25, 0.3) is 21.9 Å². The molecule has 0 radical (unpaired) electrons. The van der Waals surface area contributed by atoms with Gasteiger partial charge in [0, 0.05) is 34.7 Å². The average Bonchev–Trinajstić information content (AvgIpc) is 2.64. The van der Waals surface area contributed by atoms with Crippen LogP contribution in [-0.2, 0) is 4.79 Å². The number of aromatic nitrogens is 1. The van der Waals surface area contributed by atoms with Crippen LogP contribution in [0, 0.1) is 11.3 Å². The van der Waals surface area contributed by atoms with E-state index in [1.54, 1.807) is 18.0 Å². The summed E-state index contributed by atoms with van der Waals surface area (Å²) in [5, 5.41) is 20.0. The lowest BCUT2D eigenvalue weighted by Gasteiger charge is -2.12. The molecule has 0 aliphatic carbocycles. The maximum atomic E-state index is 10.7. The van der Waals surface area contributed by atoms with Crippen LogP contribution in [0.5, 0.6) is 0 Å². The number of hydrogen-bond donors (Lipinski definition) is 1. The summed E-state index contributed by atoms with van der Waals surface area (Å²) < 4.78 is 0. The molecule has 1 aromatic heterocycles. The number of hydrogen-bond acceptors (Lipinski definition) is 4. The first-order valence-electron chi connectivity index (χ1n) is 7.91. The number of pyridine rings is 1. The van der Waals surface area contributed by atoms with Gasteiger partial charge in [0.15, 0.2) is 0 Å². The van der Waals surface area contributed by atoms with E-state index in [-0.39, 0.29) is 6.42 Å². The Morgan fingerprint density at radius 3 is 2.68 bits per heavy atom. The topological polar surface area (TPSA) is 74.0 Å². The third kappa shape index (κ3) is 3.81. The van der Waals surface area contributed by atoms with Crippen LogP contribution in [0.2, 0.25) is 0 Å². The highest BCUT2D eigenvalue weighted by Gasteiger charge is 2.11. The quantitative estimate of drug-likeness (QED) is 0.515. The van der Waals surface area contributed by atoms with Crippen LogP contribution in [0.15, 0.2) is 59.8 Å². The number of carboxylic acids is 1. The van der Waals surface area contributed by atoms with Crippen LogP contribution in [0.4, 0.5) is 0 Å². The van der Waals surface area contributed by atoms with Crippen molar-refractivity contribution in [1.82, 2.24) is 4.98 Å². The number of carbonyl (C=O) groups is 1. The zero-order valence-electron chi connectivity index (χ0n) is 13.5. The molecule has 1 heterocycles. The van der Waals surface area contributed by atoms with Gasteiger partial charge in [-0.1, -0.05) is 30.3 Å². The minimum absolute atomic E-state index is 0.174. The van der Waals surface area contributed by atoms with Crippen LogP contribution >= 0.6 is 11.8 Å². The van der Waals surface area contributed by atoms with Crippen LogP contribution < -0.4 is 0 Å². The molecule has 3 rings (SSSR count). The number of carboxylic acid groups (broad SMARTS) is 1. The predicted octanol–water partition coefficient (Wildman–Crippen LogP) is 4.73. The number of fused-ring (bicyclic) bond motifs is 1. The molecule has 0 bridgehead atoms. The predicted molar refractivity (Wildman–Crippen MR) is 99.5 cm³/mol. The van der Waals surface area contributed by atoms with E-state index in [4.69, 9.17) is 5.11 Å². The van der Waals surface area contributed by atoms with E-state index in [0.29, 0.717) is 12.0 Å². The van der Waals surface area contributed by atoms with E-state index in [0.717, 1.165) is 32.5 Å². The fourth-order valence-corrected chi connectivity index (χ4v) is 3.73. The SMILES string of the molecule is N#Cc1ccc(-c2cnccc2SCCCC(=O)O)c2ccccc12. The summed E-state index contributed by atoms with van der Waals surface area (Å²) in [6.45, 7) is 0. The molecule has 2 aromatic carbocycles. The van der Waals surface area contributed by atoms with Gasteiger partial charge in [-0.25, -0.2) is 0 Å². The molecule has 0 atom stereocenters. The summed E-state index contributed by atoms with van der Waals surface area (Å²) in [7, 11) is 0. The molecule has 25 heavy (non-hydrogen) atoms. The molecule has 0 fully saturated rings. The third-order valence-corrected chi connectivity index (χ3v) is 5.07. The van der Waals surface area contributed by atoms with Gasteiger partial charge in [-0.05, 0) is 35.3 Å². The molecule has 0 saturated heterocycles. The highest BCUT2D eigenvalue weighted by Crippen LogP contribution is 2.36. The van der Waals surface area contributed by atoms with Crippen molar-refractivity contribution in [2.24, 2.45) is 0 Å². The van der Waals surface area contributed by atoms with Crippen molar-refractivity contribution in [3.05, 3.63) is 60.4 Å². The Morgan fingerprint density at radius 2 is 1.92 bits per heavy atom. The van der Waals surface area contributed by atoms with Gasteiger partial charge in [-0.3, -0.25) is 9.78 Å². The van der Waals surface area contributed by atoms with Gasteiger partial charge in [-0.15, -0.1) is 11.8 Å². The lowest BCUT2D eigenvalue weighted by molar-refractivity contribution is -0.137. The van der Waals surface area contributed by atoms with Crippen molar-refractivity contribution in [3.8, 4) is 17.2 Å².